The number of carbonyl (C=O) groups excluding carboxylic acids is 1. The van der Waals surface area contributed by atoms with Gasteiger partial charge in [0.05, 0.1) is 17.2 Å². The second kappa shape index (κ2) is 8.65. The summed E-state index contributed by atoms with van der Waals surface area (Å²) in [7, 11) is 0. The molecule has 0 fully saturated rings. The summed E-state index contributed by atoms with van der Waals surface area (Å²) in [4.78, 5) is 16.8. The molecular formula is C21H19F3N2O2S. The Balaban J connectivity index is 1.71. The van der Waals surface area contributed by atoms with Crippen LogP contribution in [0.1, 0.15) is 35.5 Å². The van der Waals surface area contributed by atoms with Crippen LogP contribution in [0.3, 0.4) is 0 Å². The Morgan fingerprint density at radius 3 is 2.66 bits per heavy atom. The fraction of sp³-hybridized carbons (Fsp3) is 0.238. The van der Waals surface area contributed by atoms with Gasteiger partial charge in [0.1, 0.15) is 16.5 Å². The average molecular weight is 420 g/mol. The van der Waals surface area contributed by atoms with E-state index in [4.69, 9.17) is 4.74 Å². The average Bonchev–Trinajstić information content (AvgIpc) is 3.16. The zero-order valence-electron chi connectivity index (χ0n) is 15.8. The summed E-state index contributed by atoms with van der Waals surface area (Å²) >= 11 is 1.30. The minimum Gasteiger partial charge on any atom is -0.490 e. The van der Waals surface area contributed by atoms with Gasteiger partial charge >= 0.3 is 6.18 Å². The fourth-order valence-electron chi connectivity index (χ4n) is 2.63. The highest BCUT2D eigenvalue weighted by molar-refractivity contribution is 7.13. The lowest BCUT2D eigenvalue weighted by Crippen LogP contribution is -2.23. The minimum absolute atomic E-state index is 0.00802. The molecule has 0 saturated carbocycles. The first-order chi connectivity index (χ1) is 13.7. The van der Waals surface area contributed by atoms with Gasteiger partial charge in [0, 0.05) is 11.9 Å². The van der Waals surface area contributed by atoms with Crippen molar-refractivity contribution in [3.8, 4) is 16.3 Å². The number of benzene rings is 2. The number of rotatable bonds is 6. The Morgan fingerprint density at radius 2 is 1.93 bits per heavy atom. The lowest BCUT2D eigenvalue weighted by atomic mass is 10.1. The van der Waals surface area contributed by atoms with Crippen molar-refractivity contribution in [2.45, 2.75) is 32.7 Å². The molecule has 0 saturated heterocycles. The molecule has 1 N–H and O–H groups in total. The van der Waals surface area contributed by atoms with Crippen LogP contribution in [0.15, 0.2) is 53.9 Å². The Kier molecular flexibility index (Phi) is 6.22. The number of ether oxygens (including phenoxy) is 1. The zero-order chi connectivity index (χ0) is 21.0. The number of halogens is 3. The fourth-order valence-corrected chi connectivity index (χ4v) is 3.46. The van der Waals surface area contributed by atoms with Crippen LogP contribution >= 0.6 is 11.3 Å². The van der Waals surface area contributed by atoms with Gasteiger partial charge in [0.25, 0.3) is 5.91 Å². The second-order valence-corrected chi connectivity index (χ2v) is 7.44. The highest BCUT2D eigenvalue weighted by atomic mass is 32.1. The predicted octanol–water partition coefficient (Wildman–Crippen LogP) is 5.55. The Bertz CT molecular complexity index is 999. The van der Waals surface area contributed by atoms with Gasteiger partial charge in [-0.25, -0.2) is 4.98 Å². The maximum atomic E-state index is 12.8. The summed E-state index contributed by atoms with van der Waals surface area (Å²) in [5.74, 6) is 0.222. The third-order valence-electron chi connectivity index (χ3n) is 3.92. The van der Waals surface area contributed by atoms with Gasteiger partial charge in [-0.3, -0.25) is 4.79 Å². The van der Waals surface area contributed by atoms with E-state index in [-0.39, 0.29) is 18.3 Å². The molecule has 3 aromatic rings. The van der Waals surface area contributed by atoms with Gasteiger partial charge in [-0.2, -0.15) is 13.2 Å². The molecule has 29 heavy (non-hydrogen) atoms. The highest BCUT2D eigenvalue weighted by Crippen LogP contribution is 2.33. The number of aromatic nitrogens is 1. The van der Waals surface area contributed by atoms with Crippen molar-refractivity contribution in [2.24, 2.45) is 0 Å². The molecule has 0 aliphatic rings. The van der Waals surface area contributed by atoms with Crippen molar-refractivity contribution in [2.75, 3.05) is 0 Å². The van der Waals surface area contributed by atoms with Crippen molar-refractivity contribution in [3.63, 3.8) is 0 Å². The number of para-hydroxylation sites is 1. The van der Waals surface area contributed by atoms with Crippen LogP contribution in [0, 0.1) is 0 Å². The number of nitrogens with zero attached hydrogens (tertiary/aromatic N) is 1. The molecular weight excluding hydrogens is 401 g/mol. The summed E-state index contributed by atoms with van der Waals surface area (Å²) in [5.41, 5.74) is 0.598. The Hall–Kier alpha value is -2.87. The summed E-state index contributed by atoms with van der Waals surface area (Å²) < 4.78 is 44.2. The second-order valence-electron chi connectivity index (χ2n) is 6.58. The highest BCUT2D eigenvalue weighted by Gasteiger charge is 2.30. The van der Waals surface area contributed by atoms with Crippen LogP contribution in [-0.4, -0.2) is 17.0 Å². The van der Waals surface area contributed by atoms with Crippen LogP contribution in [0.4, 0.5) is 13.2 Å². The molecule has 4 nitrogen and oxygen atoms in total. The van der Waals surface area contributed by atoms with Crippen molar-refractivity contribution in [3.05, 3.63) is 70.7 Å². The first-order valence-electron chi connectivity index (χ1n) is 8.90. The van der Waals surface area contributed by atoms with E-state index in [0.717, 1.165) is 17.7 Å². The molecule has 0 unspecified atom stereocenters. The van der Waals surface area contributed by atoms with Crippen molar-refractivity contribution in [1.29, 1.82) is 0 Å². The molecule has 0 atom stereocenters. The number of hydrogen-bond acceptors (Lipinski definition) is 4. The standard InChI is InChI=1S/C21H19F3N2O2S/c1-13(2)28-18-9-4-3-8-16(18)20-26-17(12-29-20)19(27)25-11-14-6-5-7-15(10-14)21(22,23)24/h3-10,12-13H,11H2,1-2H3,(H,25,27). The Labute approximate surface area is 170 Å². The van der Waals surface area contributed by atoms with E-state index in [1.54, 1.807) is 5.38 Å². The first kappa shape index (κ1) is 20.9. The van der Waals surface area contributed by atoms with Gasteiger partial charge in [-0.15, -0.1) is 11.3 Å². The number of thiazole rings is 1. The molecule has 1 heterocycles. The van der Waals surface area contributed by atoms with Crippen LogP contribution in [0.2, 0.25) is 0 Å². The van der Waals surface area contributed by atoms with Crippen molar-refractivity contribution in [1.82, 2.24) is 10.3 Å². The lowest BCUT2D eigenvalue weighted by molar-refractivity contribution is -0.137. The molecule has 2 aromatic carbocycles. The Morgan fingerprint density at radius 1 is 1.17 bits per heavy atom. The summed E-state index contributed by atoms with van der Waals surface area (Å²) in [5, 5.41) is 4.86. The van der Waals surface area contributed by atoms with Gasteiger partial charge < -0.3 is 10.1 Å². The topological polar surface area (TPSA) is 51.2 Å². The molecule has 0 bridgehead atoms. The van der Waals surface area contributed by atoms with Crippen LogP contribution in [0.25, 0.3) is 10.6 Å². The van der Waals surface area contributed by atoms with Crippen molar-refractivity contribution >= 4 is 17.2 Å². The van der Waals surface area contributed by atoms with Gasteiger partial charge in [-0.1, -0.05) is 24.3 Å². The zero-order valence-corrected chi connectivity index (χ0v) is 16.6. The molecule has 8 heteroatoms. The summed E-state index contributed by atoms with van der Waals surface area (Å²) in [6.45, 7) is 3.82. The smallest absolute Gasteiger partial charge is 0.416 e. The van der Waals surface area contributed by atoms with Gasteiger partial charge in [-0.05, 0) is 43.7 Å². The van der Waals surface area contributed by atoms with Crippen molar-refractivity contribution < 1.29 is 22.7 Å². The molecule has 0 spiro atoms. The van der Waals surface area contributed by atoms with Crippen LogP contribution in [0.5, 0.6) is 5.75 Å². The van der Waals surface area contributed by atoms with E-state index in [1.165, 1.54) is 23.5 Å². The number of nitrogens with one attached hydrogen (secondary N) is 1. The number of alkyl halides is 3. The molecule has 1 aromatic heterocycles. The van der Waals surface area contributed by atoms with E-state index in [0.29, 0.717) is 16.3 Å². The first-order valence-corrected chi connectivity index (χ1v) is 9.78. The molecule has 0 aliphatic carbocycles. The SMILES string of the molecule is CC(C)Oc1ccccc1-c1nc(C(=O)NCc2cccc(C(F)(F)F)c2)cs1. The normalized spacial score (nSPS) is 11.5. The monoisotopic (exact) mass is 420 g/mol. The maximum Gasteiger partial charge on any atom is 0.416 e. The third-order valence-corrected chi connectivity index (χ3v) is 4.80. The number of amides is 1. The maximum absolute atomic E-state index is 12.8. The third kappa shape index (κ3) is 5.35. The van der Waals surface area contributed by atoms with E-state index in [1.807, 2.05) is 38.1 Å². The van der Waals surface area contributed by atoms with Crippen LogP contribution < -0.4 is 10.1 Å². The summed E-state index contributed by atoms with van der Waals surface area (Å²) in [6, 6.07) is 12.3. The van der Waals surface area contributed by atoms with Crippen LogP contribution in [-0.2, 0) is 12.7 Å². The van der Waals surface area contributed by atoms with E-state index in [9.17, 15) is 18.0 Å². The molecule has 1 amide bonds. The number of hydrogen-bond donors (Lipinski definition) is 1. The minimum atomic E-state index is -4.42. The molecule has 0 radical (unpaired) electrons. The van der Waals surface area contributed by atoms with E-state index >= 15 is 0 Å². The van der Waals surface area contributed by atoms with Gasteiger partial charge in [0.2, 0.25) is 0 Å². The number of carbonyl (C=O) groups is 1. The lowest BCUT2D eigenvalue weighted by Gasteiger charge is -2.12. The molecule has 0 aliphatic heterocycles. The van der Waals surface area contributed by atoms with E-state index in [2.05, 4.69) is 10.3 Å². The largest absolute Gasteiger partial charge is 0.490 e. The quantitative estimate of drug-likeness (QED) is 0.569. The predicted molar refractivity (Wildman–Crippen MR) is 106 cm³/mol. The molecule has 3 rings (SSSR count). The molecule has 152 valence electrons. The summed E-state index contributed by atoms with van der Waals surface area (Å²) in [6.07, 6.45) is -4.43. The van der Waals surface area contributed by atoms with Gasteiger partial charge in [0.15, 0.2) is 0 Å². The van der Waals surface area contributed by atoms with E-state index < -0.39 is 17.6 Å².